The van der Waals surface area contributed by atoms with Gasteiger partial charge in [0.2, 0.25) is 0 Å². The molecule has 0 spiro atoms. The second-order valence-electron chi connectivity index (χ2n) is 5.37. The van der Waals surface area contributed by atoms with Gasteiger partial charge in [0.25, 0.3) is 0 Å². The van der Waals surface area contributed by atoms with Crippen LogP contribution in [0.25, 0.3) is 0 Å². The number of benzene rings is 1. The fraction of sp³-hybridized carbons (Fsp3) is 0.412. The first-order chi connectivity index (χ1) is 11.2. The van der Waals surface area contributed by atoms with Gasteiger partial charge in [-0.15, -0.1) is 0 Å². The Bertz CT molecular complexity index is 618. The number of aryl methyl sites for hydroxylation is 2. The van der Waals surface area contributed by atoms with Crippen molar-refractivity contribution in [2.75, 3.05) is 13.1 Å². The van der Waals surface area contributed by atoms with Gasteiger partial charge in [-0.1, -0.05) is 12.1 Å². The molecule has 124 valence electrons. The Balaban J connectivity index is 1.78. The maximum Gasteiger partial charge on any atom is 0.191 e. The molecular weight excluding hydrogens is 293 g/mol. The lowest BCUT2D eigenvalue weighted by atomic mass is 10.2. The van der Waals surface area contributed by atoms with E-state index in [0.29, 0.717) is 6.54 Å². The SMILES string of the molecule is CCNC(=NCc1ccc(F)cc1)NCCCc1cnn(C)c1. The molecule has 1 heterocycles. The normalized spacial score (nSPS) is 11.5. The molecule has 5 nitrogen and oxygen atoms in total. The lowest BCUT2D eigenvalue weighted by Gasteiger charge is -2.11. The summed E-state index contributed by atoms with van der Waals surface area (Å²) in [6, 6.07) is 6.42. The summed E-state index contributed by atoms with van der Waals surface area (Å²) < 4.78 is 14.7. The maximum absolute atomic E-state index is 12.9. The van der Waals surface area contributed by atoms with Crippen LogP contribution in [-0.2, 0) is 20.0 Å². The van der Waals surface area contributed by atoms with Gasteiger partial charge in [-0.25, -0.2) is 9.38 Å². The van der Waals surface area contributed by atoms with Gasteiger partial charge in [-0.2, -0.15) is 5.10 Å². The van der Waals surface area contributed by atoms with Gasteiger partial charge in [0, 0.05) is 26.3 Å². The Kier molecular flexibility index (Phi) is 6.59. The number of aromatic nitrogens is 2. The number of halogens is 1. The Hall–Kier alpha value is -2.37. The molecule has 1 aromatic heterocycles. The zero-order valence-electron chi connectivity index (χ0n) is 13.7. The van der Waals surface area contributed by atoms with Crippen LogP contribution in [0.1, 0.15) is 24.5 Å². The topological polar surface area (TPSA) is 54.2 Å². The van der Waals surface area contributed by atoms with E-state index in [1.165, 1.54) is 17.7 Å². The minimum Gasteiger partial charge on any atom is -0.357 e. The first-order valence-corrected chi connectivity index (χ1v) is 7.91. The molecular formula is C17H24FN5. The summed E-state index contributed by atoms with van der Waals surface area (Å²) in [6.45, 7) is 4.20. The lowest BCUT2D eigenvalue weighted by molar-refractivity contribution is 0.627. The molecule has 0 bridgehead atoms. The number of nitrogens with one attached hydrogen (secondary N) is 2. The van der Waals surface area contributed by atoms with Crippen molar-refractivity contribution in [1.82, 2.24) is 20.4 Å². The zero-order valence-corrected chi connectivity index (χ0v) is 13.7. The van der Waals surface area contributed by atoms with E-state index in [0.717, 1.165) is 37.5 Å². The summed E-state index contributed by atoms with van der Waals surface area (Å²) in [5, 5.41) is 10.7. The summed E-state index contributed by atoms with van der Waals surface area (Å²) in [5.74, 6) is 0.557. The first-order valence-electron chi connectivity index (χ1n) is 7.91. The second-order valence-corrected chi connectivity index (χ2v) is 5.37. The van der Waals surface area contributed by atoms with Gasteiger partial charge in [0.05, 0.1) is 12.7 Å². The minimum absolute atomic E-state index is 0.224. The third kappa shape index (κ3) is 6.10. The molecule has 0 amide bonds. The average molecular weight is 317 g/mol. The van der Waals surface area contributed by atoms with Crippen LogP contribution >= 0.6 is 0 Å². The third-order valence-electron chi connectivity index (χ3n) is 3.37. The highest BCUT2D eigenvalue weighted by Gasteiger charge is 2.00. The Morgan fingerprint density at radius 2 is 2.00 bits per heavy atom. The molecule has 1 aromatic carbocycles. The molecule has 0 aliphatic carbocycles. The number of aliphatic imine (C=N–C) groups is 1. The Morgan fingerprint density at radius 1 is 1.22 bits per heavy atom. The summed E-state index contributed by atoms with van der Waals surface area (Å²) in [7, 11) is 1.92. The van der Waals surface area contributed by atoms with Crippen LogP contribution in [0.15, 0.2) is 41.7 Å². The largest absolute Gasteiger partial charge is 0.357 e. The van der Waals surface area contributed by atoms with Crippen molar-refractivity contribution in [3.63, 3.8) is 0 Å². The van der Waals surface area contributed by atoms with Crippen molar-refractivity contribution >= 4 is 5.96 Å². The average Bonchev–Trinajstić information content (AvgIpc) is 2.96. The van der Waals surface area contributed by atoms with E-state index < -0.39 is 0 Å². The minimum atomic E-state index is -0.224. The van der Waals surface area contributed by atoms with E-state index in [-0.39, 0.29) is 5.82 Å². The molecule has 0 unspecified atom stereocenters. The van der Waals surface area contributed by atoms with Crippen molar-refractivity contribution < 1.29 is 4.39 Å². The monoisotopic (exact) mass is 317 g/mol. The molecule has 0 fully saturated rings. The maximum atomic E-state index is 12.9. The van der Waals surface area contributed by atoms with E-state index >= 15 is 0 Å². The number of hydrogen-bond acceptors (Lipinski definition) is 2. The second kappa shape index (κ2) is 8.92. The molecule has 0 aliphatic rings. The van der Waals surface area contributed by atoms with Gasteiger partial charge < -0.3 is 10.6 Å². The molecule has 2 rings (SSSR count). The van der Waals surface area contributed by atoms with E-state index in [1.54, 1.807) is 12.1 Å². The van der Waals surface area contributed by atoms with E-state index in [9.17, 15) is 4.39 Å². The molecule has 0 aliphatic heterocycles. The molecule has 0 atom stereocenters. The fourth-order valence-corrected chi connectivity index (χ4v) is 2.20. The molecule has 0 saturated heterocycles. The number of nitrogens with zero attached hydrogens (tertiary/aromatic N) is 3. The van der Waals surface area contributed by atoms with Crippen molar-refractivity contribution in [3.8, 4) is 0 Å². The lowest BCUT2D eigenvalue weighted by Crippen LogP contribution is -2.37. The summed E-state index contributed by atoms with van der Waals surface area (Å²) in [4.78, 5) is 4.52. The molecule has 2 N–H and O–H groups in total. The van der Waals surface area contributed by atoms with Crippen LogP contribution in [0, 0.1) is 5.82 Å². The van der Waals surface area contributed by atoms with Crippen LogP contribution in [0.4, 0.5) is 4.39 Å². The Labute approximate surface area is 136 Å². The predicted octanol–water partition coefficient (Wildman–Crippen LogP) is 2.25. The van der Waals surface area contributed by atoms with Crippen molar-refractivity contribution in [1.29, 1.82) is 0 Å². The number of guanidine groups is 1. The summed E-state index contributed by atoms with van der Waals surface area (Å²) in [5.41, 5.74) is 2.22. The Morgan fingerprint density at radius 3 is 2.65 bits per heavy atom. The molecule has 0 saturated carbocycles. The molecule has 6 heteroatoms. The molecule has 23 heavy (non-hydrogen) atoms. The first kappa shape index (κ1) is 17.0. The number of hydrogen-bond donors (Lipinski definition) is 2. The summed E-state index contributed by atoms with van der Waals surface area (Å²) in [6.07, 6.45) is 5.92. The van der Waals surface area contributed by atoms with Crippen LogP contribution in [-0.4, -0.2) is 28.8 Å². The standard InChI is InChI=1S/C17H24FN5/c1-3-19-17(21-11-14-6-8-16(18)9-7-14)20-10-4-5-15-12-22-23(2)13-15/h6-9,12-13H,3-5,10-11H2,1-2H3,(H2,19,20,21). The summed E-state index contributed by atoms with van der Waals surface area (Å²) >= 11 is 0. The highest BCUT2D eigenvalue weighted by Crippen LogP contribution is 2.04. The predicted molar refractivity (Wildman–Crippen MR) is 90.7 cm³/mol. The van der Waals surface area contributed by atoms with Crippen molar-refractivity contribution in [2.24, 2.45) is 12.0 Å². The molecule has 0 radical (unpaired) electrons. The highest BCUT2D eigenvalue weighted by atomic mass is 19.1. The van der Waals surface area contributed by atoms with Gasteiger partial charge in [-0.05, 0) is 43.0 Å². The van der Waals surface area contributed by atoms with E-state index in [1.807, 2.05) is 31.0 Å². The molecule has 2 aromatic rings. The van der Waals surface area contributed by atoms with Crippen LogP contribution in [0.5, 0.6) is 0 Å². The van der Waals surface area contributed by atoms with Crippen LogP contribution in [0.3, 0.4) is 0 Å². The fourth-order valence-electron chi connectivity index (χ4n) is 2.20. The number of rotatable bonds is 7. The van der Waals surface area contributed by atoms with Gasteiger partial charge in [0.15, 0.2) is 5.96 Å². The zero-order chi connectivity index (χ0) is 16.5. The smallest absolute Gasteiger partial charge is 0.191 e. The van der Waals surface area contributed by atoms with Gasteiger partial charge in [0.1, 0.15) is 5.82 Å². The van der Waals surface area contributed by atoms with E-state index in [2.05, 4.69) is 20.7 Å². The quantitative estimate of drug-likeness (QED) is 0.468. The highest BCUT2D eigenvalue weighted by molar-refractivity contribution is 5.79. The van der Waals surface area contributed by atoms with Gasteiger partial charge in [-0.3, -0.25) is 4.68 Å². The van der Waals surface area contributed by atoms with E-state index in [4.69, 9.17) is 0 Å². The van der Waals surface area contributed by atoms with Crippen molar-refractivity contribution in [3.05, 3.63) is 53.6 Å². The third-order valence-corrected chi connectivity index (χ3v) is 3.37. The van der Waals surface area contributed by atoms with Crippen LogP contribution in [0.2, 0.25) is 0 Å². The van der Waals surface area contributed by atoms with Gasteiger partial charge >= 0.3 is 0 Å². The van der Waals surface area contributed by atoms with Crippen molar-refractivity contribution in [2.45, 2.75) is 26.3 Å². The van der Waals surface area contributed by atoms with Crippen LogP contribution < -0.4 is 10.6 Å².